The first-order chi connectivity index (χ1) is 6.67. The maximum absolute atomic E-state index is 11.4. The van der Waals surface area contributed by atoms with Crippen LogP contribution in [0.1, 0.15) is 20.3 Å². The minimum atomic E-state index is -0.444. The predicted octanol–water partition coefficient (Wildman–Crippen LogP) is 0.579. The number of aryl methyl sites for hydroxylation is 1. The number of rotatable bonds is 4. The molecule has 0 aromatic carbocycles. The largest absolute Gasteiger partial charge is 0.322 e. The molecule has 1 atom stereocenters. The fourth-order valence-corrected chi connectivity index (χ4v) is 1.02. The first kappa shape index (κ1) is 10.7. The molecule has 1 unspecified atom stereocenters. The van der Waals surface area contributed by atoms with E-state index in [0.29, 0.717) is 12.1 Å². The third kappa shape index (κ3) is 2.56. The normalized spacial score (nSPS) is 12.5. The standard InChI is InChI=1S/C9H16N4O/c1-3-8(10)9(14)12-7-5-11-13(4-2)6-7/h5-6,8H,3-4,10H2,1-2H3,(H,12,14). The van der Waals surface area contributed by atoms with Crippen LogP contribution in [0.5, 0.6) is 0 Å². The average Bonchev–Trinajstić information content (AvgIpc) is 2.64. The molecule has 1 aromatic heterocycles. The molecule has 5 nitrogen and oxygen atoms in total. The van der Waals surface area contributed by atoms with Gasteiger partial charge in [-0.1, -0.05) is 6.92 Å². The Morgan fingerprint density at radius 3 is 2.93 bits per heavy atom. The Hall–Kier alpha value is -1.36. The summed E-state index contributed by atoms with van der Waals surface area (Å²) in [5.41, 5.74) is 6.26. The molecular formula is C9H16N4O. The van der Waals surface area contributed by atoms with Crippen LogP contribution in [0.15, 0.2) is 12.4 Å². The van der Waals surface area contributed by atoms with Crippen molar-refractivity contribution in [2.75, 3.05) is 5.32 Å². The second-order valence-corrected chi connectivity index (χ2v) is 3.09. The Kier molecular flexibility index (Phi) is 3.64. The highest BCUT2D eigenvalue weighted by atomic mass is 16.2. The summed E-state index contributed by atoms with van der Waals surface area (Å²) < 4.78 is 1.74. The molecule has 3 N–H and O–H groups in total. The maximum atomic E-state index is 11.4. The molecular weight excluding hydrogens is 180 g/mol. The highest BCUT2D eigenvalue weighted by Gasteiger charge is 2.11. The molecule has 0 aliphatic carbocycles. The second-order valence-electron chi connectivity index (χ2n) is 3.09. The number of nitrogens with two attached hydrogens (primary N) is 1. The Labute approximate surface area is 83.3 Å². The summed E-state index contributed by atoms with van der Waals surface area (Å²) in [4.78, 5) is 11.4. The fourth-order valence-electron chi connectivity index (χ4n) is 1.02. The number of nitrogens with one attached hydrogen (secondary N) is 1. The Morgan fingerprint density at radius 1 is 1.71 bits per heavy atom. The molecule has 14 heavy (non-hydrogen) atoms. The monoisotopic (exact) mass is 196 g/mol. The summed E-state index contributed by atoms with van der Waals surface area (Å²) in [7, 11) is 0. The van der Waals surface area contributed by atoms with Gasteiger partial charge in [-0.15, -0.1) is 0 Å². The van der Waals surface area contributed by atoms with E-state index in [1.54, 1.807) is 17.1 Å². The van der Waals surface area contributed by atoms with E-state index < -0.39 is 6.04 Å². The van der Waals surface area contributed by atoms with Crippen LogP contribution in [-0.2, 0) is 11.3 Å². The van der Waals surface area contributed by atoms with E-state index in [1.807, 2.05) is 13.8 Å². The molecule has 0 saturated heterocycles. The van der Waals surface area contributed by atoms with Crippen LogP contribution in [0, 0.1) is 0 Å². The highest BCUT2D eigenvalue weighted by Crippen LogP contribution is 2.05. The van der Waals surface area contributed by atoms with Crippen molar-refractivity contribution in [3.8, 4) is 0 Å². The van der Waals surface area contributed by atoms with Crippen molar-refractivity contribution in [1.82, 2.24) is 9.78 Å². The van der Waals surface area contributed by atoms with Crippen LogP contribution in [0.3, 0.4) is 0 Å². The number of nitrogens with zero attached hydrogens (tertiary/aromatic N) is 2. The lowest BCUT2D eigenvalue weighted by atomic mass is 10.2. The lowest BCUT2D eigenvalue weighted by Crippen LogP contribution is -2.34. The van der Waals surface area contributed by atoms with Gasteiger partial charge < -0.3 is 11.1 Å². The Balaban J connectivity index is 2.56. The molecule has 0 fully saturated rings. The summed E-state index contributed by atoms with van der Waals surface area (Å²) in [5, 5.41) is 6.73. The number of aromatic nitrogens is 2. The summed E-state index contributed by atoms with van der Waals surface area (Å²) >= 11 is 0. The summed E-state index contributed by atoms with van der Waals surface area (Å²) in [6.07, 6.45) is 4.03. The van der Waals surface area contributed by atoms with Gasteiger partial charge >= 0.3 is 0 Å². The van der Waals surface area contributed by atoms with E-state index in [1.165, 1.54) is 0 Å². The molecule has 0 saturated carbocycles. The van der Waals surface area contributed by atoms with Crippen molar-refractivity contribution >= 4 is 11.6 Å². The molecule has 0 spiro atoms. The van der Waals surface area contributed by atoms with Gasteiger partial charge in [-0.2, -0.15) is 5.10 Å². The number of carbonyl (C=O) groups is 1. The molecule has 0 aliphatic heterocycles. The number of anilines is 1. The maximum Gasteiger partial charge on any atom is 0.241 e. The van der Waals surface area contributed by atoms with Gasteiger partial charge in [-0.05, 0) is 13.3 Å². The third-order valence-electron chi connectivity index (χ3n) is 2.00. The molecule has 78 valence electrons. The summed E-state index contributed by atoms with van der Waals surface area (Å²) in [6, 6.07) is -0.444. The van der Waals surface area contributed by atoms with Crippen molar-refractivity contribution in [2.45, 2.75) is 32.9 Å². The SMILES string of the molecule is CCC(N)C(=O)Nc1cnn(CC)c1. The minimum Gasteiger partial charge on any atom is -0.322 e. The van der Waals surface area contributed by atoms with Gasteiger partial charge in [0.15, 0.2) is 0 Å². The zero-order valence-corrected chi connectivity index (χ0v) is 8.53. The molecule has 1 heterocycles. The number of carbonyl (C=O) groups excluding carboxylic acids is 1. The van der Waals surface area contributed by atoms with E-state index >= 15 is 0 Å². The van der Waals surface area contributed by atoms with E-state index in [0.717, 1.165) is 6.54 Å². The molecule has 0 radical (unpaired) electrons. The topological polar surface area (TPSA) is 72.9 Å². The van der Waals surface area contributed by atoms with Gasteiger partial charge in [0.25, 0.3) is 0 Å². The quantitative estimate of drug-likeness (QED) is 0.739. The molecule has 1 amide bonds. The summed E-state index contributed by atoms with van der Waals surface area (Å²) in [5.74, 6) is -0.164. The van der Waals surface area contributed by atoms with Gasteiger partial charge in [-0.25, -0.2) is 0 Å². The van der Waals surface area contributed by atoms with Crippen molar-refractivity contribution < 1.29 is 4.79 Å². The highest BCUT2D eigenvalue weighted by molar-refractivity contribution is 5.94. The molecule has 0 aliphatic rings. The lowest BCUT2D eigenvalue weighted by molar-refractivity contribution is -0.117. The van der Waals surface area contributed by atoms with Gasteiger partial charge in [-0.3, -0.25) is 9.48 Å². The van der Waals surface area contributed by atoms with Crippen molar-refractivity contribution in [3.05, 3.63) is 12.4 Å². The molecule has 0 bridgehead atoms. The van der Waals surface area contributed by atoms with Crippen molar-refractivity contribution in [3.63, 3.8) is 0 Å². The van der Waals surface area contributed by atoms with Crippen LogP contribution in [0.2, 0.25) is 0 Å². The fraction of sp³-hybridized carbons (Fsp3) is 0.556. The lowest BCUT2D eigenvalue weighted by Gasteiger charge is -2.07. The third-order valence-corrected chi connectivity index (χ3v) is 2.00. The first-order valence-corrected chi connectivity index (χ1v) is 4.76. The van der Waals surface area contributed by atoms with Gasteiger partial charge in [0.05, 0.1) is 17.9 Å². The van der Waals surface area contributed by atoms with Crippen LogP contribution in [0.25, 0.3) is 0 Å². The molecule has 5 heteroatoms. The van der Waals surface area contributed by atoms with E-state index in [2.05, 4.69) is 10.4 Å². The van der Waals surface area contributed by atoms with E-state index in [4.69, 9.17) is 5.73 Å². The van der Waals surface area contributed by atoms with E-state index in [-0.39, 0.29) is 5.91 Å². The number of hydrogen-bond acceptors (Lipinski definition) is 3. The van der Waals surface area contributed by atoms with Gasteiger partial charge in [0.2, 0.25) is 5.91 Å². The Bertz CT molecular complexity index is 308. The number of hydrogen-bond donors (Lipinski definition) is 2. The van der Waals surface area contributed by atoms with Crippen LogP contribution in [0.4, 0.5) is 5.69 Å². The van der Waals surface area contributed by atoms with Crippen molar-refractivity contribution in [1.29, 1.82) is 0 Å². The Morgan fingerprint density at radius 2 is 2.43 bits per heavy atom. The minimum absolute atomic E-state index is 0.164. The average molecular weight is 196 g/mol. The zero-order valence-electron chi connectivity index (χ0n) is 8.53. The van der Waals surface area contributed by atoms with Crippen LogP contribution in [-0.4, -0.2) is 21.7 Å². The smallest absolute Gasteiger partial charge is 0.241 e. The second kappa shape index (κ2) is 4.76. The van der Waals surface area contributed by atoms with Gasteiger partial charge in [0.1, 0.15) is 0 Å². The zero-order chi connectivity index (χ0) is 10.6. The molecule has 1 rings (SSSR count). The van der Waals surface area contributed by atoms with Crippen LogP contribution >= 0.6 is 0 Å². The molecule has 1 aromatic rings. The van der Waals surface area contributed by atoms with Gasteiger partial charge in [0, 0.05) is 12.7 Å². The number of amides is 1. The summed E-state index contributed by atoms with van der Waals surface area (Å²) in [6.45, 7) is 4.64. The van der Waals surface area contributed by atoms with E-state index in [9.17, 15) is 4.79 Å². The van der Waals surface area contributed by atoms with Crippen molar-refractivity contribution in [2.24, 2.45) is 5.73 Å². The first-order valence-electron chi connectivity index (χ1n) is 4.76. The predicted molar refractivity (Wildman–Crippen MR) is 54.8 cm³/mol. The van der Waals surface area contributed by atoms with Crippen LogP contribution < -0.4 is 11.1 Å².